The number of ketones is 1. The van der Waals surface area contributed by atoms with E-state index >= 15 is 0 Å². The van der Waals surface area contributed by atoms with Gasteiger partial charge in [-0.2, -0.15) is 0 Å². The first-order chi connectivity index (χ1) is 7.34. The van der Waals surface area contributed by atoms with E-state index in [1.54, 1.807) is 0 Å². The summed E-state index contributed by atoms with van der Waals surface area (Å²) in [5, 5.41) is 0. The first kappa shape index (κ1) is 9.08. The zero-order valence-corrected chi connectivity index (χ0v) is 8.88. The third-order valence-electron chi connectivity index (χ3n) is 3.50. The van der Waals surface area contributed by atoms with E-state index < -0.39 is 0 Å². The number of hydrogen-bond acceptors (Lipinski definition) is 2. The number of Topliss-reactive ketones (excluding diaryl/α,β-unsaturated/α-hetero) is 1. The molecule has 2 aliphatic rings. The minimum absolute atomic E-state index is 0.303. The van der Waals surface area contributed by atoms with Gasteiger partial charge in [-0.25, -0.2) is 0 Å². The van der Waals surface area contributed by atoms with E-state index in [2.05, 4.69) is 11.1 Å². The molecule has 0 bridgehead atoms. The maximum Gasteiger partial charge on any atom is 0.164 e. The molecule has 0 fully saturated rings. The smallest absolute Gasteiger partial charge is 0.164 e. The third kappa shape index (κ3) is 1.48. The maximum absolute atomic E-state index is 11.7. The van der Waals surface area contributed by atoms with Crippen LogP contribution in [0.1, 0.15) is 53.0 Å². The predicted octanol–water partition coefficient (Wildman–Crippen LogP) is 2.48. The van der Waals surface area contributed by atoms with E-state index in [0.717, 1.165) is 36.9 Å². The highest BCUT2D eigenvalue weighted by Gasteiger charge is 2.21. The van der Waals surface area contributed by atoms with Gasteiger partial charge in [0.1, 0.15) is 0 Å². The molecule has 2 heteroatoms. The Balaban J connectivity index is 2.12. The Morgan fingerprint density at radius 3 is 2.67 bits per heavy atom. The van der Waals surface area contributed by atoms with Crippen LogP contribution in [0.25, 0.3) is 0 Å². The second kappa shape index (κ2) is 3.44. The summed E-state index contributed by atoms with van der Waals surface area (Å²) in [6.45, 7) is 0. The van der Waals surface area contributed by atoms with Crippen molar-refractivity contribution in [1.29, 1.82) is 0 Å². The second-order valence-corrected chi connectivity index (χ2v) is 4.57. The van der Waals surface area contributed by atoms with Crippen molar-refractivity contribution in [2.75, 3.05) is 0 Å². The summed E-state index contributed by atoms with van der Waals surface area (Å²) in [6.07, 6.45) is 7.42. The molecule has 0 aromatic carbocycles. The van der Waals surface area contributed by atoms with Crippen LogP contribution in [-0.2, 0) is 19.3 Å². The Hall–Kier alpha value is -1.18. The van der Waals surface area contributed by atoms with Crippen LogP contribution >= 0.6 is 0 Å². The van der Waals surface area contributed by atoms with Crippen molar-refractivity contribution < 1.29 is 4.79 Å². The first-order valence-corrected chi connectivity index (χ1v) is 5.89. The lowest BCUT2D eigenvalue weighted by Crippen LogP contribution is -2.17. The Morgan fingerprint density at radius 2 is 1.73 bits per heavy atom. The van der Waals surface area contributed by atoms with Crippen LogP contribution in [0.4, 0.5) is 0 Å². The van der Waals surface area contributed by atoms with Crippen molar-refractivity contribution in [1.82, 2.24) is 4.98 Å². The lowest BCUT2D eigenvalue weighted by molar-refractivity contribution is 0.0971. The van der Waals surface area contributed by atoms with Gasteiger partial charge < -0.3 is 0 Å². The largest absolute Gasteiger partial charge is 0.294 e. The molecule has 0 atom stereocenters. The Labute approximate surface area is 89.7 Å². The number of aryl methyl sites for hydroxylation is 3. The van der Waals surface area contributed by atoms with Crippen LogP contribution < -0.4 is 0 Å². The standard InChI is InChI=1S/C13H15NO/c15-13-7-3-6-12-10(13)8-9-4-1-2-5-11(9)14-12/h8H,1-7H2. The fourth-order valence-corrected chi connectivity index (χ4v) is 2.66. The van der Waals surface area contributed by atoms with E-state index in [4.69, 9.17) is 0 Å². The molecule has 0 unspecified atom stereocenters. The van der Waals surface area contributed by atoms with Gasteiger partial charge in [0.15, 0.2) is 5.78 Å². The second-order valence-electron chi connectivity index (χ2n) is 4.57. The number of nitrogens with zero attached hydrogens (tertiary/aromatic N) is 1. The van der Waals surface area contributed by atoms with Crippen LogP contribution in [0, 0.1) is 0 Å². The molecule has 78 valence electrons. The van der Waals surface area contributed by atoms with Gasteiger partial charge >= 0.3 is 0 Å². The van der Waals surface area contributed by atoms with Gasteiger partial charge in [-0.15, -0.1) is 0 Å². The van der Waals surface area contributed by atoms with E-state index in [0.29, 0.717) is 12.2 Å². The van der Waals surface area contributed by atoms with Gasteiger partial charge in [-0.05, 0) is 50.2 Å². The monoisotopic (exact) mass is 201 g/mol. The van der Waals surface area contributed by atoms with E-state index in [-0.39, 0.29) is 0 Å². The first-order valence-electron chi connectivity index (χ1n) is 5.89. The molecule has 0 saturated heterocycles. The summed E-state index contributed by atoms with van der Waals surface area (Å²) >= 11 is 0. The number of fused-ring (bicyclic) bond motifs is 2. The number of aromatic nitrogens is 1. The fourth-order valence-electron chi connectivity index (χ4n) is 2.66. The lowest BCUT2D eigenvalue weighted by atomic mass is 9.89. The van der Waals surface area contributed by atoms with Crippen molar-refractivity contribution in [3.8, 4) is 0 Å². The van der Waals surface area contributed by atoms with Crippen molar-refractivity contribution in [3.05, 3.63) is 28.6 Å². The van der Waals surface area contributed by atoms with Gasteiger partial charge in [0, 0.05) is 17.7 Å². The van der Waals surface area contributed by atoms with Crippen LogP contribution in [0.15, 0.2) is 6.07 Å². The molecule has 0 radical (unpaired) electrons. The highest BCUT2D eigenvalue weighted by Crippen LogP contribution is 2.26. The summed E-state index contributed by atoms with van der Waals surface area (Å²) in [6, 6.07) is 2.12. The normalized spacial score (nSPS) is 19.6. The highest BCUT2D eigenvalue weighted by atomic mass is 16.1. The number of pyridine rings is 1. The fraction of sp³-hybridized carbons (Fsp3) is 0.538. The Kier molecular flexibility index (Phi) is 2.08. The van der Waals surface area contributed by atoms with Crippen molar-refractivity contribution in [3.63, 3.8) is 0 Å². The van der Waals surface area contributed by atoms with Gasteiger partial charge in [0.25, 0.3) is 0 Å². The predicted molar refractivity (Wildman–Crippen MR) is 58.1 cm³/mol. The van der Waals surface area contributed by atoms with Crippen molar-refractivity contribution >= 4 is 5.78 Å². The molecule has 0 aliphatic heterocycles. The zero-order valence-electron chi connectivity index (χ0n) is 8.88. The third-order valence-corrected chi connectivity index (χ3v) is 3.50. The average molecular weight is 201 g/mol. The van der Waals surface area contributed by atoms with Crippen LogP contribution in [0.2, 0.25) is 0 Å². The minimum atomic E-state index is 0.303. The molecule has 0 N–H and O–H groups in total. The molecule has 0 spiro atoms. The maximum atomic E-state index is 11.7. The van der Waals surface area contributed by atoms with Crippen molar-refractivity contribution in [2.45, 2.75) is 44.9 Å². The number of carbonyl (C=O) groups is 1. The van der Waals surface area contributed by atoms with Crippen LogP contribution in [-0.4, -0.2) is 10.8 Å². The van der Waals surface area contributed by atoms with Gasteiger partial charge in [0.2, 0.25) is 0 Å². The quantitative estimate of drug-likeness (QED) is 0.645. The summed E-state index contributed by atoms with van der Waals surface area (Å²) in [5.41, 5.74) is 4.57. The number of carbonyl (C=O) groups excluding carboxylic acids is 1. The molecule has 0 saturated carbocycles. The van der Waals surface area contributed by atoms with E-state index in [9.17, 15) is 4.79 Å². The van der Waals surface area contributed by atoms with Gasteiger partial charge in [-0.1, -0.05) is 0 Å². The molecule has 2 aliphatic carbocycles. The molecule has 0 amide bonds. The summed E-state index contributed by atoms with van der Waals surface area (Å²) in [4.78, 5) is 16.4. The van der Waals surface area contributed by atoms with Gasteiger partial charge in [0.05, 0.1) is 5.69 Å². The summed E-state index contributed by atoms with van der Waals surface area (Å²) < 4.78 is 0. The van der Waals surface area contributed by atoms with E-state index in [1.807, 2.05) is 0 Å². The number of hydrogen-bond donors (Lipinski definition) is 0. The van der Waals surface area contributed by atoms with Crippen molar-refractivity contribution in [2.24, 2.45) is 0 Å². The van der Waals surface area contributed by atoms with Gasteiger partial charge in [-0.3, -0.25) is 9.78 Å². The molecule has 1 heterocycles. The minimum Gasteiger partial charge on any atom is -0.294 e. The molecular weight excluding hydrogens is 186 g/mol. The lowest BCUT2D eigenvalue weighted by Gasteiger charge is -2.20. The average Bonchev–Trinajstić information content (AvgIpc) is 2.27. The zero-order chi connectivity index (χ0) is 10.3. The molecule has 3 rings (SSSR count). The molecular formula is C13H15NO. The van der Waals surface area contributed by atoms with E-state index in [1.165, 1.54) is 24.1 Å². The van der Waals surface area contributed by atoms with Crippen LogP contribution in [0.5, 0.6) is 0 Å². The molecule has 1 aromatic rings. The summed E-state index contributed by atoms with van der Waals surface area (Å²) in [5.74, 6) is 0.303. The Morgan fingerprint density at radius 1 is 0.933 bits per heavy atom. The molecule has 15 heavy (non-hydrogen) atoms. The summed E-state index contributed by atoms with van der Waals surface area (Å²) in [7, 11) is 0. The van der Waals surface area contributed by atoms with Crippen LogP contribution in [0.3, 0.4) is 0 Å². The Bertz CT molecular complexity index is 423. The topological polar surface area (TPSA) is 30.0 Å². The number of rotatable bonds is 0. The molecule has 1 aromatic heterocycles. The molecule has 2 nitrogen and oxygen atoms in total. The highest BCUT2D eigenvalue weighted by molar-refractivity contribution is 5.98. The SMILES string of the molecule is O=C1CCCc2nc3c(cc21)CCCC3.